The Morgan fingerprint density at radius 2 is 2.14 bits per heavy atom. The summed E-state index contributed by atoms with van der Waals surface area (Å²) in [7, 11) is 1.85. The lowest BCUT2D eigenvalue weighted by Crippen LogP contribution is -2.30. The Labute approximate surface area is 125 Å². The van der Waals surface area contributed by atoms with Crippen LogP contribution in [0.15, 0.2) is 30.5 Å². The van der Waals surface area contributed by atoms with Crippen LogP contribution in [0.4, 0.5) is 0 Å². The minimum absolute atomic E-state index is 0.00680. The van der Waals surface area contributed by atoms with Gasteiger partial charge >= 0.3 is 0 Å². The van der Waals surface area contributed by atoms with E-state index >= 15 is 0 Å². The average Bonchev–Trinajstić information content (AvgIpc) is 3.06. The summed E-state index contributed by atoms with van der Waals surface area (Å²) in [4.78, 5) is 18.9. The molecule has 4 nitrogen and oxygen atoms in total. The molecule has 1 aromatic heterocycles. The third-order valence-corrected chi connectivity index (χ3v) is 4.42. The average molecular weight is 283 g/mol. The molecule has 0 spiro atoms. The van der Waals surface area contributed by atoms with Crippen LogP contribution in [0, 0.1) is 6.92 Å². The van der Waals surface area contributed by atoms with Crippen molar-refractivity contribution >= 4 is 5.91 Å². The molecule has 1 aliphatic rings. The van der Waals surface area contributed by atoms with Gasteiger partial charge in [0.15, 0.2) is 0 Å². The van der Waals surface area contributed by atoms with Gasteiger partial charge in [0.25, 0.3) is 5.91 Å². The molecule has 0 radical (unpaired) electrons. The fourth-order valence-electron chi connectivity index (χ4n) is 2.98. The Kier molecular flexibility index (Phi) is 3.53. The van der Waals surface area contributed by atoms with Crippen LogP contribution in [0.3, 0.4) is 0 Å². The van der Waals surface area contributed by atoms with Crippen molar-refractivity contribution in [2.75, 3.05) is 7.05 Å². The number of aromatic nitrogens is 2. The molecule has 4 heteroatoms. The van der Waals surface area contributed by atoms with E-state index in [0.29, 0.717) is 5.69 Å². The Morgan fingerprint density at radius 1 is 1.38 bits per heavy atom. The molecule has 0 N–H and O–H groups in total. The van der Waals surface area contributed by atoms with E-state index in [1.807, 2.05) is 25.4 Å². The number of imidazole rings is 1. The number of amides is 1. The number of rotatable bonds is 3. The fraction of sp³-hybridized carbons (Fsp3) is 0.412. The number of carbonyl (C=O) groups is 1. The standard InChI is InChI=1S/C17H21N3O/c1-12-7-4-5-8-14(12)13(2)19(3)17(21)15-11-20-10-6-9-16(20)18-15/h4-5,7-8,11,13H,6,9-10H2,1-3H3. The van der Waals surface area contributed by atoms with Crippen molar-refractivity contribution in [2.45, 2.75) is 39.3 Å². The SMILES string of the molecule is Cc1ccccc1C(C)N(C)C(=O)c1cn2c(n1)CCC2. The molecule has 3 rings (SSSR count). The summed E-state index contributed by atoms with van der Waals surface area (Å²) in [5.41, 5.74) is 2.95. The number of fused-ring (bicyclic) bond motifs is 1. The van der Waals surface area contributed by atoms with Gasteiger partial charge in [-0.15, -0.1) is 0 Å². The third kappa shape index (κ3) is 2.46. The number of carbonyl (C=O) groups excluding carboxylic acids is 1. The van der Waals surface area contributed by atoms with Crippen LogP contribution < -0.4 is 0 Å². The zero-order chi connectivity index (χ0) is 15.0. The molecule has 110 valence electrons. The maximum Gasteiger partial charge on any atom is 0.274 e. The van der Waals surface area contributed by atoms with E-state index in [1.165, 1.54) is 11.1 Å². The zero-order valence-electron chi connectivity index (χ0n) is 12.8. The molecular formula is C17H21N3O. The molecule has 1 unspecified atom stereocenters. The van der Waals surface area contributed by atoms with Crippen molar-refractivity contribution in [1.82, 2.24) is 14.5 Å². The highest BCUT2D eigenvalue weighted by Crippen LogP contribution is 2.24. The predicted molar refractivity (Wildman–Crippen MR) is 82.2 cm³/mol. The third-order valence-electron chi connectivity index (χ3n) is 4.42. The van der Waals surface area contributed by atoms with Gasteiger partial charge in [0.1, 0.15) is 11.5 Å². The molecule has 1 atom stereocenters. The first kappa shape index (κ1) is 13.9. The van der Waals surface area contributed by atoms with E-state index in [2.05, 4.69) is 35.5 Å². The van der Waals surface area contributed by atoms with Gasteiger partial charge in [-0.3, -0.25) is 4.79 Å². The summed E-state index contributed by atoms with van der Waals surface area (Å²) in [5, 5.41) is 0. The predicted octanol–water partition coefficient (Wildman–Crippen LogP) is 2.97. The Hall–Kier alpha value is -2.10. The molecule has 0 bridgehead atoms. The van der Waals surface area contributed by atoms with Gasteiger partial charge in [0.2, 0.25) is 0 Å². The maximum absolute atomic E-state index is 12.6. The molecule has 0 saturated heterocycles. The second-order valence-corrected chi connectivity index (χ2v) is 5.79. The first-order chi connectivity index (χ1) is 10.1. The van der Waals surface area contributed by atoms with Crippen LogP contribution in [0.25, 0.3) is 0 Å². The Balaban J connectivity index is 1.82. The van der Waals surface area contributed by atoms with Gasteiger partial charge in [-0.2, -0.15) is 0 Å². The number of benzene rings is 1. The van der Waals surface area contributed by atoms with Crippen LogP contribution in [-0.2, 0) is 13.0 Å². The number of hydrogen-bond acceptors (Lipinski definition) is 2. The summed E-state index contributed by atoms with van der Waals surface area (Å²) < 4.78 is 2.10. The molecular weight excluding hydrogens is 262 g/mol. The second-order valence-electron chi connectivity index (χ2n) is 5.79. The normalized spacial score (nSPS) is 14.8. The summed E-state index contributed by atoms with van der Waals surface area (Å²) in [6.45, 7) is 5.12. The van der Waals surface area contributed by atoms with Gasteiger partial charge < -0.3 is 9.47 Å². The van der Waals surface area contributed by atoms with E-state index in [-0.39, 0.29) is 11.9 Å². The number of hydrogen-bond donors (Lipinski definition) is 0. The van der Waals surface area contributed by atoms with Crippen LogP contribution in [0.5, 0.6) is 0 Å². The van der Waals surface area contributed by atoms with Crippen LogP contribution in [0.1, 0.15) is 46.8 Å². The lowest BCUT2D eigenvalue weighted by molar-refractivity contribution is 0.0736. The fourth-order valence-corrected chi connectivity index (χ4v) is 2.98. The zero-order valence-corrected chi connectivity index (χ0v) is 12.8. The minimum atomic E-state index is -0.00680. The topological polar surface area (TPSA) is 38.1 Å². The quantitative estimate of drug-likeness (QED) is 0.868. The van der Waals surface area contributed by atoms with Gasteiger partial charge in [-0.25, -0.2) is 4.98 Å². The van der Waals surface area contributed by atoms with Gasteiger partial charge in [-0.05, 0) is 31.4 Å². The molecule has 1 aromatic carbocycles. The molecule has 2 heterocycles. The van der Waals surface area contributed by atoms with E-state index in [9.17, 15) is 4.79 Å². The lowest BCUT2D eigenvalue weighted by Gasteiger charge is -2.26. The molecule has 0 fully saturated rings. The van der Waals surface area contributed by atoms with E-state index in [1.54, 1.807) is 4.90 Å². The van der Waals surface area contributed by atoms with Crippen LogP contribution in [-0.4, -0.2) is 27.4 Å². The molecule has 1 amide bonds. The van der Waals surface area contributed by atoms with Crippen LogP contribution >= 0.6 is 0 Å². The summed E-state index contributed by atoms with van der Waals surface area (Å²) >= 11 is 0. The Morgan fingerprint density at radius 3 is 2.86 bits per heavy atom. The van der Waals surface area contributed by atoms with Gasteiger partial charge in [-0.1, -0.05) is 24.3 Å². The summed E-state index contributed by atoms with van der Waals surface area (Å²) in [6, 6.07) is 8.23. The minimum Gasteiger partial charge on any atom is -0.334 e. The second kappa shape index (κ2) is 5.35. The molecule has 0 saturated carbocycles. The van der Waals surface area contributed by atoms with Crippen molar-refractivity contribution < 1.29 is 4.79 Å². The first-order valence-corrected chi connectivity index (χ1v) is 7.46. The monoisotopic (exact) mass is 283 g/mol. The molecule has 0 aliphatic carbocycles. The molecule has 2 aromatic rings. The van der Waals surface area contributed by atoms with Crippen LogP contribution in [0.2, 0.25) is 0 Å². The highest BCUT2D eigenvalue weighted by atomic mass is 16.2. The molecule has 1 aliphatic heterocycles. The van der Waals surface area contributed by atoms with Gasteiger partial charge in [0.05, 0.1) is 6.04 Å². The largest absolute Gasteiger partial charge is 0.334 e. The maximum atomic E-state index is 12.6. The van der Waals surface area contributed by atoms with Crippen molar-refractivity contribution in [3.63, 3.8) is 0 Å². The molecule has 21 heavy (non-hydrogen) atoms. The van der Waals surface area contributed by atoms with Crippen molar-refractivity contribution in [2.24, 2.45) is 0 Å². The summed E-state index contributed by atoms with van der Waals surface area (Å²) in [6.07, 6.45) is 4.00. The van der Waals surface area contributed by atoms with Gasteiger partial charge in [0, 0.05) is 26.2 Å². The number of aryl methyl sites for hydroxylation is 3. The first-order valence-electron chi connectivity index (χ1n) is 7.46. The van der Waals surface area contributed by atoms with Crippen molar-refractivity contribution in [3.05, 3.63) is 53.1 Å². The Bertz CT molecular complexity index is 653. The highest BCUT2D eigenvalue weighted by Gasteiger charge is 2.24. The lowest BCUT2D eigenvalue weighted by atomic mass is 10.0. The summed E-state index contributed by atoms with van der Waals surface area (Å²) in [5.74, 6) is 1.03. The van der Waals surface area contributed by atoms with E-state index in [0.717, 1.165) is 25.2 Å². The smallest absolute Gasteiger partial charge is 0.274 e. The van der Waals surface area contributed by atoms with E-state index < -0.39 is 0 Å². The van der Waals surface area contributed by atoms with E-state index in [4.69, 9.17) is 0 Å². The highest BCUT2D eigenvalue weighted by molar-refractivity contribution is 5.92. The number of nitrogens with zero attached hydrogens (tertiary/aromatic N) is 3. The van der Waals surface area contributed by atoms with Crippen molar-refractivity contribution in [1.29, 1.82) is 0 Å². The van der Waals surface area contributed by atoms with Crippen molar-refractivity contribution in [3.8, 4) is 0 Å².